The number of thiol groups is 1. The van der Waals surface area contributed by atoms with Gasteiger partial charge in [0.2, 0.25) is 0 Å². The minimum absolute atomic E-state index is 0.131. The zero-order valence-corrected chi connectivity index (χ0v) is 11.0. The van der Waals surface area contributed by atoms with Gasteiger partial charge in [0.15, 0.2) is 0 Å². The quantitative estimate of drug-likeness (QED) is 0.804. The van der Waals surface area contributed by atoms with Gasteiger partial charge in [-0.3, -0.25) is 4.79 Å². The third kappa shape index (κ3) is 3.12. The van der Waals surface area contributed by atoms with Crippen LogP contribution in [0.2, 0.25) is 0 Å². The molecule has 0 aliphatic rings. The van der Waals surface area contributed by atoms with Crippen LogP contribution in [0.25, 0.3) is 0 Å². The molecule has 0 saturated carbocycles. The first-order valence-electron chi connectivity index (χ1n) is 5.53. The fraction of sp³-hybridized carbons (Fsp3) is 0.0714. The van der Waals surface area contributed by atoms with E-state index in [0.717, 1.165) is 6.07 Å². The summed E-state index contributed by atoms with van der Waals surface area (Å²) in [7, 11) is 0. The number of hydrogen-bond acceptors (Lipinski definition) is 2. The van der Waals surface area contributed by atoms with Crippen LogP contribution >= 0.6 is 12.6 Å². The Hall–Kier alpha value is -1.88. The van der Waals surface area contributed by atoms with Crippen LogP contribution in [0.4, 0.5) is 14.5 Å². The van der Waals surface area contributed by atoms with E-state index in [2.05, 4.69) is 17.9 Å². The van der Waals surface area contributed by atoms with E-state index in [0.29, 0.717) is 10.5 Å². The lowest BCUT2D eigenvalue weighted by Crippen LogP contribution is -2.14. The van der Waals surface area contributed by atoms with Crippen molar-refractivity contribution in [3.05, 3.63) is 59.2 Å². The molecule has 0 aromatic heterocycles. The maximum atomic E-state index is 13.5. The van der Waals surface area contributed by atoms with Crippen molar-refractivity contribution in [3.8, 4) is 0 Å². The molecule has 0 atom stereocenters. The topological polar surface area (TPSA) is 29.1 Å². The first-order chi connectivity index (χ1) is 8.97. The highest BCUT2D eigenvalue weighted by Crippen LogP contribution is 2.17. The van der Waals surface area contributed by atoms with E-state index in [4.69, 9.17) is 0 Å². The zero-order valence-electron chi connectivity index (χ0n) is 10.1. The molecular formula is C14H11F2NOS. The van der Waals surface area contributed by atoms with Crippen LogP contribution in [0.3, 0.4) is 0 Å². The molecule has 0 spiro atoms. The van der Waals surface area contributed by atoms with E-state index in [1.807, 2.05) is 0 Å². The van der Waals surface area contributed by atoms with E-state index in [1.54, 1.807) is 13.0 Å². The molecular weight excluding hydrogens is 268 g/mol. The number of hydrogen-bond donors (Lipinski definition) is 2. The lowest BCUT2D eigenvalue weighted by molar-refractivity contribution is 0.102. The fourth-order valence-corrected chi connectivity index (χ4v) is 1.76. The van der Waals surface area contributed by atoms with Crippen molar-refractivity contribution in [3.63, 3.8) is 0 Å². The van der Waals surface area contributed by atoms with Gasteiger partial charge in [-0.1, -0.05) is 6.07 Å². The largest absolute Gasteiger partial charge is 0.322 e. The molecule has 1 amide bonds. The Balaban J connectivity index is 2.25. The Morgan fingerprint density at radius 2 is 1.84 bits per heavy atom. The molecule has 5 heteroatoms. The summed E-state index contributed by atoms with van der Waals surface area (Å²) >= 11 is 4.05. The van der Waals surface area contributed by atoms with Gasteiger partial charge in [0.25, 0.3) is 5.91 Å². The normalized spacial score (nSPS) is 10.3. The molecule has 0 fully saturated rings. The van der Waals surface area contributed by atoms with Crippen molar-refractivity contribution in [2.24, 2.45) is 0 Å². The average Bonchev–Trinajstić information content (AvgIpc) is 2.36. The molecule has 2 rings (SSSR count). The van der Waals surface area contributed by atoms with Crippen LogP contribution in [0.15, 0.2) is 41.3 Å². The molecule has 0 heterocycles. The zero-order chi connectivity index (χ0) is 14.0. The second-order valence-electron chi connectivity index (χ2n) is 4.08. The summed E-state index contributed by atoms with van der Waals surface area (Å²) in [6.07, 6.45) is 0. The van der Waals surface area contributed by atoms with Gasteiger partial charge >= 0.3 is 0 Å². The minimum Gasteiger partial charge on any atom is -0.322 e. The maximum absolute atomic E-state index is 13.5. The molecule has 2 nitrogen and oxygen atoms in total. The van der Waals surface area contributed by atoms with Crippen LogP contribution < -0.4 is 5.32 Å². The number of halogens is 2. The van der Waals surface area contributed by atoms with E-state index in [1.165, 1.54) is 24.3 Å². The molecule has 19 heavy (non-hydrogen) atoms. The summed E-state index contributed by atoms with van der Waals surface area (Å²) in [4.78, 5) is 12.3. The number of rotatable bonds is 2. The highest BCUT2D eigenvalue weighted by molar-refractivity contribution is 7.80. The minimum atomic E-state index is -0.650. The van der Waals surface area contributed by atoms with Crippen molar-refractivity contribution in [1.82, 2.24) is 0 Å². The summed E-state index contributed by atoms with van der Waals surface area (Å²) in [6.45, 7) is 1.62. The van der Waals surface area contributed by atoms with Crippen molar-refractivity contribution in [2.75, 3.05) is 5.32 Å². The third-order valence-electron chi connectivity index (χ3n) is 2.62. The van der Waals surface area contributed by atoms with Gasteiger partial charge < -0.3 is 5.32 Å². The SMILES string of the molecule is Cc1ccc(NC(=O)c2cc(S)ccc2F)cc1F. The predicted molar refractivity (Wildman–Crippen MR) is 72.7 cm³/mol. The molecule has 0 radical (unpaired) electrons. The molecule has 2 aromatic carbocycles. The highest BCUT2D eigenvalue weighted by atomic mass is 32.1. The van der Waals surface area contributed by atoms with Gasteiger partial charge in [0.1, 0.15) is 11.6 Å². The second-order valence-corrected chi connectivity index (χ2v) is 4.60. The van der Waals surface area contributed by atoms with Gasteiger partial charge in [-0.05, 0) is 42.8 Å². The number of carbonyl (C=O) groups is 1. The molecule has 0 aliphatic heterocycles. The standard InChI is InChI=1S/C14H11F2NOS/c1-8-2-3-9(6-13(8)16)17-14(18)11-7-10(19)4-5-12(11)15/h2-7,19H,1H3,(H,17,18). The van der Waals surface area contributed by atoms with E-state index < -0.39 is 17.5 Å². The van der Waals surface area contributed by atoms with E-state index in [9.17, 15) is 13.6 Å². The molecule has 0 saturated heterocycles. The molecule has 0 bridgehead atoms. The summed E-state index contributed by atoms with van der Waals surface area (Å²) in [6, 6.07) is 8.21. The summed E-state index contributed by atoms with van der Waals surface area (Å²) < 4.78 is 26.8. The molecule has 0 unspecified atom stereocenters. The lowest BCUT2D eigenvalue weighted by atomic mass is 10.1. The van der Waals surface area contributed by atoms with Gasteiger partial charge in [0.05, 0.1) is 5.56 Å². The Bertz CT molecular complexity index is 643. The highest BCUT2D eigenvalue weighted by Gasteiger charge is 2.12. The molecule has 1 N–H and O–H groups in total. The number of carbonyl (C=O) groups excluding carboxylic acids is 1. The van der Waals surface area contributed by atoms with Gasteiger partial charge in [0, 0.05) is 10.6 Å². The second kappa shape index (κ2) is 5.40. The number of nitrogens with one attached hydrogen (secondary N) is 1. The molecule has 2 aromatic rings. The number of benzene rings is 2. The van der Waals surface area contributed by atoms with Gasteiger partial charge in [-0.15, -0.1) is 12.6 Å². The van der Waals surface area contributed by atoms with E-state index >= 15 is 0 Å². The Labute approximate surface area is 114 Å². The van der Waals surface area contributed by atoms with Crippen molar-refractivity contribution < 1.29 is 13.6 Å². The fourth-order valence-electron chi connectivity index (χ4n) is 1.56. The average molecular weight is 279 g/mol. The van der Waals surface area contributed by atoms with Crippen molar-refractivity contribution in [2.45, 2.75) is 11.8 Å². The monoisotopic (exact) mass is 279 g/mol. The van der Waals surface area contributed by atoms with Crippen LogP contribution in [-0.4, -0.2) is 5.91 Å². The number of amides is 1. The molecule has 98 valence electrons. The Kier molecular flexibility index (Phi) is 3.85. The lowest BCUT2D eigenvalue weighted by Gasteiger charge is -2.07. The third-order valence-corrected chi connectivity index (χ3v) is 2.90. The summed E-state index contributed by atoms with van der Waals surface area (Å²) in [5.41, 5.74) is 0.618. The first-order valence-corrected chi connectivity index (χ1v) is 5.98. The maximum Gasteiger partial charge on any atom is 0.258 e. The predicted octanol–water partition coefficient (Wildman–Crippen LogP) is 3.81. The smallest absolute Gasteiger partial charge is 0.258 e. The van der Waals surface area contributed by atoms with Crippen LogP contribution in [0, 0.1) is 18.6 Å². The van der Waals surface area contributed by atoms with Gasteiger partial charge in [-0.2, -0.15) is 0 Å². The van der Waals surface area contributed by atoms with Crippen molar-refractivity contribution >= 4 is 24.2 Å². The van der Waals surface area contributed by atoms with E-state index in [-0.39, 0.29) is 11.3 Å². The Morgan fingerprint density at radius 1 is 1.11 bits per heavy atom. The Morgan fingerprint density at radius 3 is 2.53 bits per heavy atom. The number of anilines is 1. The first kappa shape index (κ1) is 13.5. The van der Waals surface area contributed by atoms with Gasteiger partial charge in [-0.25, -0.2) is 8.78 Å². The van der Waals surface area contributed by atoms with Crippen molar-refractivity contribution in [1.29, 1.82) is 0 Å². The van der Waals surface area contributed by atoms with Crippen LogP contribution in [-0.2, 0) is 0 Å². The number of aryl methyl sites for hydroxylation is 1. The molecule has 0 aliphatic carbocycles. The summed E-state index contributed by atoms with van der Waals surface area (Å²) in [5.74, 6) is -1.72. The summed E-state index contributed by atoms with van der Waals surface area (Å²) in [5, 5.41) is 2.44. The van der Waals surface area contributed by atoms with Crippen LogP contribution in [0.5, 0.6) is 0 Å². The van der Waals surface area contributed by atoms with Crippen LogP contribution in [0.1, 0.15) is 15.9 Å².